The standard InChI is InChI=1S/C30H31NO6/c1-3-25(32)24-15-16-26(37-20-23-13-8-5-9-14-23)21(2)27(24)30(28(33)34)17-10-18-31(30,29(35)36)19-22-11-6-4-7-12-22/h4-9,11-16H,3,10,17-20H2,1-2H3,(H-,33,34,35,36)/p+1/t30-,31?/m0/s1. The number of Topliss-reactive ketones (excluding diaryl/α,β-unsaturated/α-hetero) is 1. The molecule has 1 heterocycles. The van der Waals surface area contributed by atoms with Crippen molar-refractivity contribution in [2.75, 3.05) is 6.54 Å². The molecule has 1 aliphatic rings. The molecule has 2 N–H and O–H groups in total. The van der Waals surface area contributed by atoms with Crippen molar-refractivity contribution in [3.05, 3.63) is 101 Å². The number of carboxylic acids is 1. The molecule has 0 radical (unpaired) electrons. The average molecular weight is 503 g/mol. The minimum atomic E-state index is -1.86. The van der Waals surface area contributed by atoms with Crippen molar-refractivity contribution in [1.29, 1.82) is 0 Å². The highest BCUT2D eigenvalue weighted by Gasteiger charge is 2.67. The van der Waals surface area contributed by atoms with Crippen LogP contribution in [0, 0.1) is 6.92 Å². The summed E-state index contributed by atoms with van der Waals surface area (Å²) in [6.45, 7) is 3.81. The molecule has 192 valence electrons. The van der Waals surface area contributed by atoms with Crippen LogP contribution >= 0.6 is 0 Å². The molecule has 0 spiro atoms. The van der Waals surface area contributed by atoms with E-state index in [1.807, 2.05) is 48.5 Å². The molecule has 37 heavy (non-hydrogen) atoms. The Labute approximate surface area is 216 Å². The van der Waals surface area contributed by atoms with Crippen LogP contribution < -0.4 is 4.74 Å². The summed E-state index contributed by atoms with van der Waals surface area (Å²) in [6, 6.07) is 21.9. The number of benzene rings is 3. The van der Waals surface area contributed by atoms with E-state index in [9.17, 15) is 24.6 Å². The maximum atomic E-state index is 13.3. The van der Waals surface area contributed by atoms with Crippen LogP contribution in [-0.4, -0.2) is 39.1 Å². The molecular formula is C30H32NO6+. The van der Waals surface area contributed by atoms with Crippen LogP contribution in [0.2, 0.25) is 0 Å². The molecule has 0 bridgehead atoms. The van der Waals surface area contributed by atoms with E-state index in [2.05, 4.69) is 0 Å². The van der Waals surface area contributed by atoms with Crippen molar-refractivity contribution in [3.63, 3.8) is 0 Å². The lowest BCUT2D eigenvalue weighted by atomic mass is 9.78. The van der Waals surface area contributed by atoms with E-state index >= 15 is 0 Å². The number of carboxylic acid groups (broad SMARTS) is 2. The third-order valence-electron chi connectivity index (χ3n) is 7.51. The van der Waals surface area contributed by atoms with Crippen LogP contribution in [0.5, 0.6) is 5.75 Å². The molecule has 7 nitrogen and oxygen atoms in total. The Morgan fingerprint density at radius 1 is 0.919 bits per heavy atom. The summed E-state index contributed by atoms with van der Waals surface area (Å²) in [6.07, 6.45) is -0.583. The molecule has 1 unspecified atom stereocenters. The molecule has 2 atom stereocenters. The van der Waals surface area contributed by atoms with E-state index in [1.165, 1.54) is 0 Å². The van der Waals surface area contributed by atoms with Crippen LogP contribution in [0.1, 0.15) is 58.8 Å². The molecule has 4 rings (SSSR count). The fraction of sp³-hybridized carbons (Fsp3) is 0.300. The van der Waals surface area contributed by atoms with Gasteiger partial charge >= 0.3 is 12.1 Å². The van der Waals surface area contributed by atoms with Crippen molar-refractivity contribution >= 4 is 17.8 Å². The second kappa shape index (κ2) is 10.6. The highest BCUT2D eigenvalue weighted by Crippen LogP contribution is 2.51. The van der Waals surface area contributed by atoms with Gasteiger partial charge in [0.15, 0.2) is 5.78 Å². The average Bonchev–Trinajstić information content (AvgIpc) is 3.29. The van der Waals surface area contributed by atoms with Gasteiger partial charge in [-0.05, 0) is 24.6 Å². The van der Waals surface area contributed by atoms with Crippen molar-refractivity contribution in [2.24, 2.45) is 0 Å². The monoisotopic (exact) mass is 502 g/mol. The number of ether oxygens (including phenoxy) is 1. The van der Waals surface area contributed by atoms with Crippen LogP contribution in [0.25, 0.3) is 0 Å². The summed E-state index contributed by atoms with van der Waals surface area (Å²) in [5.74, 6) is -1.05. The van der Waals surface area contributed by atoms with E-state index in [-0.39, 0.29) is 49.4 Å². The largest absolute Gasteiger partial charge is 0.515 e. The van der Waals surface area contributed by atoms with Crippen molar-refractivity contribution in [2.45, 2.75) is 51.8 Å². The van der Waals surface area contributed by atoms with Gasteiger partial charge in [0.2, 0.25) is 5.54 Å². The number of carbonyl (C=O) groups is 3. The van der Waals surface area contributed by atoms with Crippen molar-refractivity contribution in [1.82, 2.24) is 0 Å². The van der Waals surface area contributed by atoms with E-state index < -0.39 is 22.1 Å². The lowest BCUT2D eigenvalue weighted by Crippen LogP contribution is -2.65. The maximum absolute atomic E-state index is 13.3. The van der Waals surface area contributed by atoms with Gasteiger partial charge in [0, 0.05) is 41.5 Å². The number of quaternary nitrogens is 1. The summed E-state index contributed by atoms with van der Waals surface area (Å²) in [5.41, 5.74) is 0.760. The number of amides is 1. The molecule has 1 aliphatic heterocycles. The Balaban J connectivity index is 1.93. The Morgan fingerprint density at radius 3 is 2.11 bits per heavy atom. The van der Waals surface area contributed by atoms with Gasteiger partial charge in [0.05, 0.1) is 6.54 Å². The molecule has 1 saturated heterocycles. The topological polar surface area (TPSA) is 101 Å². The van der Waals surface area contributed by atoms with Crippen LogP contribution in [0.15, 0.2) is 72.8 Å². The number of aliphatic carboxylic acids is 1. The van der Waals surface area contributed by atoms with E-state index in [4.69, 9.17) is 4.74 Å². The fourth-order valence-electron chi connectivity index (χ4n) is 5.72. The zero-order valence-corrected chi connectivity index (χ0v) is 21.1. The number of nitrogens with zero attached hydrogens (tertiary/aromatic N) is 1. The third-order valence-corrected chi connectivity index (χ3v) is 7.51. The first-order valence-electron chi connectivity index (χ1n) is 12.5. The summed E-state index contributed by atoms with van der Waals surface area (Å²) < 4.78 is 5.38. The second-order valence-corrected chi connectivity index (χ2v) is 9.55. The number of likely N-dealkylation sites (tertiary alicyclic amines) is 1. The first kappa shape index (κ1) is 26.1. The Kier molecular flexibility index (Phi) is 7.45. The first-order valence-corrected chi connectivity index (χ1v) is 12.5. The zero-order valence-electron chi connectivity index (χ0n) is 21.1. The molecule has 1 amide bonds. The number of hydrogen-bond donors (Lipinski definition) is 2. The molecule has 7 heteroatoms. The molecular weight excluding hydrogens is 470 g/mol. The molecule has 3 aromatic carbocycles. The van der Waals surface area contributed by atoms with Gasteiger partial charge in [0.25, 0.3) is 0 Å². The zero-order chi connectivity index (χ0) is 26.6. The van der Waals surface area contributed by atoms with Gasteiger partial charge < -0.3 is 14.9 Å². The van der Waals surface area contributed by atoms with E-state index in [1.54, 1.807) is 38.1 Å². The minimum Gasteiger partial charge on any atom is -0.489 e. The van der Waals surface area contributed by atoms with Crippen molar-refractivity contribution in [3.8, 4) is 5.75 Å². The lowest BCUT2D eigenvalue weighted by molar-refractivity contribution is -0.906. The summed E-state index contributed by atoms with van der Waals surface area (Å²) in [4.78, 5) is 39.5. The second-order valence-electron chi connectivity index (χ2n) is 9.55. The summed E-state index contributed by atoms with van der Waals surface area (Å²) >= 11 is 0. The number of carbonyl (C=O) groups excluding carboxylic acids is 1. The van der Waals surface area contributed by atoms with Gasteiger partial charge in [-0.1, -0.05) is 67.6 Å². The number of hydrogen-bond acceptors (Lipinski definition) is 4. The molecule has 0 aromatic heterocycles. The Morgan fingerprint density at radius 2 is 1.54 bits per heavy atom. The summed E-state index contributed by atoms with van der Waals surface area (Å²) in [5, 5.41) is 21.5. The SMILES string of the molecule is CCC(=O)c1ccc(OCc2ccccc2)c(C)c1[C@]1(C(=O)O)CCC[N+]1(Cc1ccccc1)C(=O)O. The number of rotatable bonds is 9. The van der Waals surface area contributed by atoms with Gasteiger partial charge in [-0.2, -0.15) is 4.79 Å². The summed E-state index contributed by atoms with van der Waals surface area (Å²) in [7, 11) is 0. The van der Waals surface area contributed by atoms with E-state index in [0.717, 1.165) is 11.1 Å². The van der Waals surface area contributed by atoms with Gasteiger partial charge in [0.1, 0.15) is 18.9 Å². The normalized spacial score (nSPS) is 20.9. The first-order chi connectivity index (χ1) is 17.8. The molecule has 3 aromatic rings. The molecule has 0 aliphatic carbocycles. The van der Waals surface area contributed by atoms with Crippen LogP contribution in [0.4, 0.5) is 4.79 Å². The Bertz CT molecular complexity index is 1310. The lowest BCUT2D eigenvalue weighted by Gasteiger charge is -2.43. The predicted octanol–water partition coefficient (Wildman–Crippen LogP) is 5.94. The van der Waals surface area contributed by atoms with E-state index in [0.29, 0.717) is 17.7 Å². The fourth-order valence-corrected chi connectivity index (χ4v) is 5.72. The van der Waals surface area contributed by atoms with Crippen molar-refractivity contribution < 1.29 is 33.8 Å². The smallest absolute Gasteiger partial charge is 0.489 e. The Hall–Kier alpha value is -3.97. The van der Waals surface area contributed by atoms with Gasteiger partial charge in [-0.25, -0.2) is 9.28 Å². The molecule has 0 saturated carbocycles. The van der Waals surface area contributed by atoms with Crippen LogP contribution in [0.3, 0.4) is 0 Å². The number of ketones is 1. The quantitative estimate of drug-likeness (QED) is 0.278. The van der Waals surface area contributed by atoms with Gasteiger partial charge in [-0.15, -0.1) is 0 Å². The van der Waals surface area contributed by atoms with Crippen LogP contribution in [-0.2, 0) is 23.5 Å². The minimum absolute atomic E-state index is 0.0171. The third kappa shape index (κ3) is 4.51. The molecule has 1 fully saturated rings. The highest BCUT2D eigenvalue weighted by atomic mass is 16.5. The predicted molar refractivity (Wildman–Crippen MR) is 138 cm³/mol. The maximum Gasteiger partial charge on any atom is 0.515 e. The highest BCUT2D eigenvalue weighted by molar-refractivity contribution is 6.00. The van der Waals surface area contributed by atoms with Gasteiger partial charge in [-0.3, -0.25) is 4.79 Å².